The van der Waals surface area contributed by atoms with E-state index in [4.69, 9.17) is 4.74 Å². The van der Waals surface area contributed by atoms with Crippen LogP contribution in [-0.2, 0) is 9.59 Å². The molecule has 1 aliphatic rings. The van der Waals surface area contributed by atoms with Crippen LogP contribution < -0.4 is 15.0 Å². The summed E-state index contributed by atoms with van der Waals surface area (Å²) in [4.78, 5) is 31.1. The van der Waals surface area contributed by atoms with Gasteiger partial charge in [-0.25, -0.2) is 4.39 Å². The van der Waals surface area contributed by atoms with Gasteiger partial charge in [-0.05, 0) is 73.9 Å². The Morgan fingerprint density at radius 2 is 1.56 bits per heavy atom. The number of halogens is 1. The highest BCUT2D eigenvalue weighted by molar-refractivity contribution is 6.03. The molecule has 9 heteroatoms. The molecule has 0 spiro atoms. The molecule has 5 rings (SSSR count). The van der Waals surface area contributed by atoms with Crippen LogP contribution >= 0.6 is 0 Å². The Labute approximate surface area is 226 Å². The first-order chi connectivity index (χ1) is 18.9. The third-order valence-electron chi connectivity index (χ3n) is 7.24. The number of carbonyl (C=O) groups is 2. The first-order valence-corrected chi connectivity index (χ1v) is 13.3. The van der Waals surface area contributed by atoms with Gasteiger partial charge < -0.3 is 10.1 Å². The summed E-state index contributed by atoms with van der Waals surface area (Å²) >= 11 is 0. The third kappa shape index (κ3) is 5.77. The van der Waals surface area contributed by atoms with Crippen LogP contribution in [0.1, 0.15) is 56.7 Å². The minimum atomic E-state index is -1.04. The van der Waals surface area contributed by atoms with Gasteiger partial charge in [0, 0.05) is 11.7 Å². The lowest BCUT2D eigenvalue weighted by atomic mass is 9.94. The lowest BCUT2D eigenvalue weighted by molar-refractivity contribution is -0.128. The number of anilines is 1. The molecule has 8 nitrogen and oxygen atoms in total. The Morgan fingerprint density at radius 3 is 2.15 bits per heavy atom. The van der Waals surface area contributed by atoms with Crippen molar-refractivity contribution in [2.75, 3.05) is 12.0 Å². The topological polar surface area (TPSA) is 89.3 Å². The summed E-state index contributed by atoms with van der Waals surface area (Å²) in [5.74, 6) is -0.505. The zero-order valence-electron chi connectivity index (χ0n) is 22.1. The first-order valence-electron chi connectivity index (χ1n) is 13.3. The molecular weight excluding hydrogens is 497 g/mol. The van der Waals surface area contributed by atoms with Crippen molar-refractivity contribution in [1.29, 1.82) is 0 Å². The van der Waals surface area contributed by atoms with Crippen molar-refractivity contribution >= 4 is 28.5 Å². The fourth-order valence-electron chi connectivity index (χ4n) is 5.09. The highest BCUT2D eigenvalue weighted by atomic mass is 19.1. The van der Waals surface area contributed by atoms with E-state index in [2.05, 4.69) is 15.5 Å². The van der Waals surface area contributed by atoms with E-state index in [9.17, 15) is 14.0 Å². The van der Waals surface area contributed by atoms with Crippen molar-refractivity contribution in [3.05, 3.63) is 84.2 Å². The minimum Gasteiger partial charge on any atom is -0.497 e. The molecule has 2 amide bonds. The zero-order chi connectivity index (χ0) is 27.4. The zero-order valence-corrected chi connectivity index (χ0v) is 22.1. The van der Waals surface area contributed by atoms with E-state index < -0.39 is 17.9 Å². The number of amides is 2. The maximum Gasteiger partial charge on any atom is 0.254 e. The summed E-state index contributed by atoms with van der Waals surface area (Å²) in [5.41, 5.74) is 2.33. The van der Waals surface area contributed by atoms with Crippen LogP contribution in [-0.4, -0.2) is 40.0 Å². The molecule has 0 bridgehead atoms. The lowest BCUT2D eigenvalue weighted by Crippen LogP contribution is -2.49. The monoisotopic (exact) mass is 529 g/mol. The molecule has 0 unspecified atom stereocenters. The second-order valence-corrected chi connectivity index (χ2v) is 9.89. The van der Waals surface area contributed by atoms with Gasteiger partial charge in [0.25, 0.3) is 5.91 Å². The van der Waals surface area contributed by atoms with E-state index >= 15 is 0 Å². The normalized spacial score (nSPS) is 15.5. The molecule has 39 heavy (non-hydrogen) atoms. The summed E-state index contributed by atoms with van der Waals surface area (Å²) < 4.78 is 19.2. The van der Waals surface area contributed by atoms with E-state index in [-0.39, 0.29) is 17.9 Å². The molecule has 1 N–H and O–H groups in total. The Balaban J connectivity index is 1.58. The molecule has 4 aromatic rings. The fourth-order valence-corrected chi connectivity index (χ4v) is 5.09. The molecule has 0 aliphatic heterocycles. The molecule has 3 aromatic carbocycles. The van der Waals surface area contributed by atoms with Crippen LogP contribution in [0.5, 0.6) is 5.75 Å². The van der Waals surface area contributed by atoms with Crippen LogP contribution in [0.15, 0.2) is 72.8 Å². The summed E-state index contributed by atoms with van der Waals surface area (Å²) in [6.45, 7) is 1.71. The van der Waals surface area contributed by atoms with E-state index in [1.807, 2.05) is 24.3 Å². The summed E-state index contributed by atoms with van der Waals surface area (Å²) in [5, 5.41) is 12.2. The number of ether oxygens (including phenoxy) is 1. The number of aromatic nitrogens is 3. The molecule has 1 aromatic heterocycles. The predicted molar refractivity (Wildman–Crippen MR) is 147 cm³/mol. The number of benzene rings is 3. The molecule has 1 fully saturated rings. The van der Waals surface area contributed by atoms with Crippen molar-refractivity contribution in [2.24, 2.45) is 0 Å². The van der Waals surface area contributed by atoms with E-state index in [0.717, 1.165) is 32.1 Å². The number of hydrogen-bond donors (Lipinski definition) is 1. The number of carbonyl (C=O) groups excluding carboxylic acids is 2. The summed E-state index contributed by atoms with van der Waals surface area (Å²) in [6, 6.07) is 18.2. The van der Waals surface area contributed by atoms with Crippen molar-refractivity contribution < 1.29 is 18.7 Å². The number of methoxy groups -OCH3 is 1. The molecule has 0 radical (unpaired) electrons. The van der Waals surface area contributed by atoms with Crippen LogP contribution in [0.25, 0.3) is 11.0 Å². The number of nitrogens with zero attached hydrogens (tertiary/aromatic N) is 4. The first kappa shape index (κ1) is 26.3. The average Bonchev–Trinajstić information content (AvgIpc) is 3.41. The van der Waals surface area contributed by atoms with E-state index in [1.165, 1.54) is 21.8 Å². The molecular formula is C30H32FN5O3. The van der Waals surface area contributed by atoms with Gasteiger partial charge in [0.2, 0.25) is 5.91 Å². The fraction of sp³-hybridized carbons (Fsp3) is 0.333. The van der Waals surface area contributed by atoms with Crippen molar-refractivity contribution in [2.45, 2.75) is 57.2 Å². The second-order valence-electron chi connectivity index (χ2n) is 9.89. The minimum absolute atomic E-state index is 0.0255. The Bertz CT molecular complexity index is 1400. The highest BCUT2D eigenvalue weighted by Gasteiger charge is 2.37. The van der Waals surface area contributed by atoms with Crippen molar-refractivity contribution in [3.8, 4) is 5.75 Å². The molecule has 2 atom stereocenters. The van der Waals surface area contributed by atoms with Gasteiger partial charge in [-0.15, -0.1) is 0 Å². The molecule has 1 saturated carbocycles. The van der Waals surface area contributed by atoms with Crippen LogP contribution in [0.2, 0.25) is 0 Å². The highest BCUT2D eigenvalue weighted by Crippen LogP contribution is 2.32. The average molecular weight is 530 g/mol. The summed E-state index contributed by atoms with van der Waals surface area (Å²) in [6.07, 6.45) is 5.01. The Hall–Kier alpha value is -4.27. The van der Waals surface area contributed by atoms with Gasteiger partial charge in [-0.1, -0.05) is 43.5 Å². The predicted octanol–water partition coefficient (Wildman–Crippen LogP) is 5.36. The van der Waals surface area contributed by atoms with E-state index in [0.29, 0.717) is 28.0 Å². The third-order valence-corrected chi connectivity index (χ3v) is 7.24. The smallest absolute Gasteiger partial charge is 0.254 e. The number of hydrogen-bond acceptors (Lipinski definition) is 5. The second kappa shape index (κ2) is 11.6. The number of fused-ring (bicyclic) bond motifs is 1. The van der Waals surface area contributed by atoms with Crippen LogP contribution in [0.3, 0.4) is 0 Å². The van der Waals surface area contributed by atoms with Crippen molar-refractivity contribution in [3.63, 3.8) is 0 Å². The molecule has 0 saturated heterocycles. The Morgan fingerprint density at radius 1 is 0.949 bits per heavy atom. The molecule has 1 heterocycles. The van der Waals surface area contributed by atoms with E-state index in [1.54, 1.807) is 50.4 Å². The standard InChI is InChI=1S/C30H32FN5O3/c1-20(36-33-26-10-6-7-11-27(26)34-36)30(38)35(24-16-18-25(39-2)19-17-24)28(21-12-14-22(31)15-13-21)29(37)32-23-8-4-3-5-9-23/h6-7,10-20,23,28H,3-5,8-9H2,1-2H3,(H,32,37)/t20-,28+/m0/s1. The number of rotatable bonds is 8. The largest absolute Gasteiger partial charge is 0.497 e. The van der Waals surface area contributed by atoms with Gasteiger partial charge in [-0.3, -0.25) is 14.5 Å². The Kier molecular flexibility index (Phi) is 7.86. The van der Waals surface area contributed by atoms with Crippen LogP contribution in [0, 0.1) is 5.82 Å². The summed E-state index contributed by atoms with van der Waals surface area (Å²) in [7, 11) is 1.56. The van der Waals surface area contributed by atoms with Gasteiger partial charge in [0.15, 0.2) is 0 Å². The SMILES string of the molecule is COc1ccc(N(C(=O)[C@H](C)n2nc3ccccc3n2)[C@@H](C(=O)NC2CCCCC2)c2ccc(F)cc2)cc1. The van der Waals surface area contributed by atoms with Gasteiger partial charge in [0.1, 0.15) is 34.7 Å². The molecule has 202 valence electrons. The molecule has 1 aliphatic carbocycles. The maximum absolute atomic E-state index is 14.3. The van der Waals surface area contributed by atoms with Gasteiger partial charge in [0.05, 0.1) is 7.11 Å². The quantitative estimate of drug-likeness (QED) is 0.332. The maximum atomic E-state index is 14.3. The lowest BCUT2D eigenvalue weighted by Gasteiger charge is -2.34. The number of nitrogens with one attached hydrogen (secondary N) is 1. The van der Waals surface area contributed by atoms with Crippen LogP contribution in [0.4, 0.5) is 10.1 Å². The van der Waals surface area contributed by atoms with Gasteiger partial charge >= 0.3 is 0 Å². The van der Waals surface area contributed by atoms with Gasteiger partial charge in [-0.2, -0.15) is 15.0 Å². The van der Waals surface area contributed by atoms with Crippen molar-refractivity contribution in [1.82, 2.24) is 20.3 Å².